The highest BCUT2D eigenvalue weighted by Gasteiger charge is 2.21. The molecule has 0 radical (unpaired) electrons. The number of ketones is 1. The molecule has 15 heavy (non-hydrogen) atoms. The van der Waals surface area contributed by atoms with Gasteiger partial charge in [0.25, 0.3) is 0 Å². The molecule has 0 aliphatic rings. The fraction of sp³-hybridized carbons (Fsp3) is 0.111. The number of nitriles is 1. The van der Waals surface area contributed by atoms with E-state index in [0.29, 0.717) is 6.07 Å². The summed E-state index contributed by atoms with van der Waals surface area (Å²) < 4.78 is 38.6. The van der Waals surface area contributed by atoms with Crippen LogP contribution in [0.15, 0.2) is 6.07 Å². The first kappa shape index (κ1) is 11.5. The van der Waals surface area contributed by atoms with Crippen molar-refractivity contribution in [3.05, 3.63) is 34.1 Å². The van der Waals surface area contributed by atoms with Crippen molar-refractivity contribution in [2.75, 3.05) is 0 Å². The number of benzene rings is 1. The summed E-state index contributed by atoms with van der Waals surface area (Å²) in [4.78, 5) is 11.1. The van der Waals surface area contributed by atoms with Crippen LogP contribution in [-0.4, -0.2) is 5.78 Å². The van der Waals surface area contributed by atoms with Crippen molar-refractivity contribution in [3.8, 4) is 6.07 Å². The standard InChI is InChI=1S/C9H3ClF3NO/c10-7-8(12)4(6(15)1-2-14)3-5(11)9(7)13/h3H,1H2. The van der Waals surface area contributed by atoms with E-state index in [0.717, 1.165) is 0 Å². The van der Waals surface area contributed by atoms with Gasteiger partial charge in [-0.1, -0.05) is 11.6 Å². The molecule has 0 atom stereocenters. The van der Waals surface area contributed by atoms with Crippen LogP contribution in [0, 0.1) is 28.8 Å². The second-order valence-electron chi connectivity index (χ2n) is 2.61. The predicted octanol–water partition coefficient (Wildman–Crippen LogP) is 2.85. The SMILES string of the molecule is N#CCC(=O)c1cc(F)c(F)c(Cl)c1F. The third-order valence-electron chi connectivity index (χ3n) is 1.64. The number of rotatable bonds is 2. The van der Waals surface area contributed by atoms with Gasteiger partial charge in [-0.25, -0.2) is 13.2 Å². The number of hydrogen-bond donors (Lipinski definition) is 0. The molecule has 1 aromatic rings. The van der Waals surface area contributed by atoms with Gasteiger partial charge < -0.3 is 0 Å². The van der Waals surface area contributed by atoms with Crippen LogP contribution >= 0.6 is 11.6 Å². The lowest BCUT2D eigenvalue weighted by Crippen LogP contribution is -2.05. The predicted molar refractivity (Wildman–Crippen MR) is 45.9 cm³/mol. The highest BCUT2D eigenvalue weighted by molar-refractivity contribution is 6.31. The maximum atomic E-state index is 13.1. The van der Waals surface area contributed by atoms with Gasteiger partial charge in [0.1, 0.15) is 5.02 Å². The van der Waals surface area contributed by atoms with E-state index in [2.05, 4.69) is 0 Å². The van der Waals surface area contributed by atoms with E-state index >= 15 is 0 Å². The van der Waals surface area contributed by atoms with Gasteiger partial charge >= 0.3 is 0 Å². The summed E-state index contributed by atoms with van der Waals surface area (Å²) in [6.07, 6.45) is -0.627. The summed E-state index contributed by atoms with van der Waals surface area (Å²) >= 11 is 5.11. The number of carbonyl (C=O) groups is 1. The lowest BCUT2D eigenvalue weighted by Gasteiger charge is -2.03. The van der Waals surface area contributed by atoms with Crippen LogP contribution in [0.2, 0.25) is 5.02 Å². The van der Waals surface area contributed by atoms with Crippen molar-refractivity contribution in [1.82, 2.24) is 0 Å². The van der Waals surface area contributed by atoms with Gasteiger partial charge in [-0.2, -0.15) is 5.26 Å². The molecule has 0 aromatic heterocycles. The molecule has 0 bridgehead atoms. The maximum absolute atomic E-state index is 13.1. The van der Waals surface area contributed by atoms with Crippen LogP contribution < -0.4 is 0 Å². The minimum absolute atomic E-state index is 0.385. The van der Waals surface area contributed by atoms with Crippen LogP contribution in [0.5, 0.6) is 0 Å². The van der Waals surface area contributed by atoms with Gasteiger partial charge in [-0.05, 0) is 6.07 Å². The number of carbonyl (C=O) groups excluding carboxylic acids is 1. The molecule has 0 saturated heterocycles. The van der Waals surface area contributed by atoms with Crippen LogP contribution in [0.25, 0.3) is 0 Å². The fourth-order valence-electron chi connectivity index (χ4n) is 0.943. The summed E-state index contributed by atoms with van der Waals surface area (Å²) in [6, 6.07) is 1.86. The van der Waals surface area contributed by atoms with E-state index in [1.807, 2.05) is 0 Å². The Kier molecular flexibility index (Phi) is 3.32. The minimum atomic E-state index is -1.55. The Bertz CT molecular complexity index is 467. The second kappa shape index (κ2) is 4.32. The summed E-state index contributed by atoms with van der Waals surface area (Å²) in [6.45, 7) is 0. The normalized spacial score (nSPS) is 9.80. The van der Waals surface area contributed by atoms with Crippen LogP contribution in [0.3, 0.4) is 0 Å². The summed E-state index contributed by atoms with van der Waals surface area (Å²) in [5.41, 5.74) is -0.722. The molecule has 0 heterocycles. The molecule has 0 fully saturated rings. The van der Waals surface area contributed by atoms with Crippen molar-refractivity contribution in [2.45, 2.75) is 6.42 Å². The molecule has 0 saturated carbocycles. The third kappa shape index (κ3) is 2.10. The molecule has 78 valence electrons. The highest BCUT2D eigenvalue weighted by Crippen LogP contribution is 2.25. The largest absolute Gasteiger partial charge is 0.293 e. The molecule has 0 unspecified atom stereocenters. The van der Waals surface area contributed by atoms with E-state index in [1.54, 1.807) is 0 Å². The first-order valence-corrected chi connectivity index (χ1v) is 4.10. The average Bonchev–Trinajstić information content (AvgIpc) is 2.20. The molecule has 0 amide bonds. The molecule has 0 spiro atoms. The molecule has 2 nitrogen and oxygen atoms in total. The Morgan fingerprint density at radius 1 is 1.40 bits per heavy atom. The summed E-state index contributed by atoms with van der Waals surface area (Å²) in [7, 11) is 0. The number of nitrogens with zero attached hydrogens (tertiary/aromatic N) is 1. The highest BCUT2D eigenvalue weighted by atomic mass is 35.5. The minimum Gasteiger partial charge on any atom is -0.293 e. The van der Waals surface area contributed by atoms with Gasteiger partial charge in [0.05, 0.1) is 18.1 Å². The van der Waals surface area contributed by atoms with E-state index in [-0.39, 0.29) is 0 Å². The molecule has 0 aliphatic heterocycles. The number of Topliss-reactive ketones (excluding diaryl/α,β-unsaturated/α-hetero) is 1. The third-order valence-corrected chi connectivity index (χ3v) is 1.97. The summed E-state index contributed by atoms with van der Waals surface area (Å²) in [5.74, 6) is -5.28. The lowest BCUT2D eigenvalue weighted by molar-refractivity contribution is 0.0993. The van der Waals surface area contributed by atoms with E-state index < -0.39 is 40.2 Å². The van der Waals surface area contributed by atoms with Gasteiger partial charge in [-0.15, -0.1) is 0 Å². The van der Waals surface area contributed by atoms with Gasteiger partial charge in [-0.3, -0.25) is 4.79 Å². The first-order valence-electron chi connectivity index (χ1n) is 3.72. The van der Waals surface area contributed by atoms with Gasteiger partial charge in [0, 0.05) is 0 Å². The van der Waals surface area contributed by atoms with Crippen molar-refractivity contribution >= 4 is 17.4 Å². The quantitative estimate of drug-likeness (QED) is 0.448. The van der Waals surface area contributed by atoms with Crippen LogP contribution in [0.1, 0.15) is 16.8 Å². The zero-order chi connectivity index (χ0) is 11.6. The molecule has 1 rings (SSSR count). The van der Waals surface area contributed by atoms with Crippen molar-refractivity contribution < 1.29 is 18.0 Å². The Hall–Kier alpha value is -1.54. The Morgan fingerprint density at radius 2 is 2.00 bits per heavy atom. The topological polar surface area (TPSA) is 40.9 Å². The first-order chi connectivity index (χ1) is 6.99. The van der Waals surface area contributed by atoms with E-state index in [9.17, 15) is 18.0 Å². The second-order valence-corrected chi connectivity index (χ2v) is 2.98. The molecular weight excluding hydrogens is 231 g/mol. The van der Waals surface area contributed by atoms with Crippen LogP contribution in [0.4, 0.5) is 13.2 Å². The Balaban J connectivity index is 3.33. The van der Waals surface area contributed by atoms with E-state index in [4.69, 9.17) is 16.9 Å². The molecule has 0 N–H and O–H groups in total. The number of halogens is 4. The Morgan fingerprint density at radius 3 is 2.53 bits per heavy atom. The zero-order valence-electron chi connectivity index (χ0n) is 7.15. The summed E-state index contributed by atoms with van der Waals surface area (Å²) in [5, 5.41) is 7.10. The monoisotopic (exact) mass is 233 g/mol. The molecule has 0 aliphatic carbocycles. The van der Waals surface area contributed by atoms with Gasteiger partial charge in [0.2, 0.25) is 0 Å². The van der Waals surface area contributed by atoms with E-state index in [1.165, 1.54) is 6.07 Å². The molecular formula is C9H3ClF3NO. The Labute approximate surface area is 87.9 Å². The number of hydrogen-bond acceptors (Lipinski definition) is 2. The van der Waals surface area contributed by atoms with Crippen molar-refractivity contribution in [1.29, 1.82) is 5.26 Å². The fourth-order valence-corrected chi connectivity index (χ4v) is 1.13. The van der Waals surface area contributed by atoms with Gasteiger partial charge in [0.15, 0.2) is 23.2 Å². The average molecular weight is 234 g/mol. The zero-order valence-corrected chi connectivity index (χ0v) is 7.91. The smallest absolute Gasteiger partial charge is 0.180 e. The lowest BCUT2D eigenvalue weighted by atomic mass is 10.1. The van der Waals surface area contributed by atoms with Crippen molar-refractivity contribution in [3.63, 3.8) is 0 Å². The molecule has 1 aromatic carbocycles. The van der Waals surface area contributed by atoms with Crippen LogP contribution in [-0.2, 0) is 0 Å². The molecule has 6 heteroatoms. The maximum Gasteiger partial charge on any atom is 0.180 e. The van der Waals surface area contributed by atoms with Crippen molar-refractivity contribution in [2.24, 2.45) is 0 Å².